The number of aromatic nitrogens is 2. The van der Waals surface area contributed by atoms with E-state index in [1.807, 2.05) is 0 Å². The van der Waals surface area contributed by atoms with Gasteiger partial charge in [0.1, 0.15) is 5.82 Å². The van der Waals surface area contributed by atoms with Crippen LogP contribution >= 0.6 is 0 Å². The summed E-state index contributed by atoms with van der Waals surface area (Å²) in [6.45, 7) is 10.8. The molecule has 0 bridgehead atoms. The van der Waals surface area contributed by atoms with Gasteiger partial charge in [-0.25, -0.2) is 9.97 Å². The van der Waals surface area contributed by atoms with E-state index in [1.165, 1.54) is 24.1 Å². The molecule has 0 saturated carbocycles. The van der Waals surface area contributed by atoms with Crippen LogP contribution in [0.5, 0.6) is 0 Å². The second-order valence-electron chi connectivity index (χ2n) is 9.10. The Bertz CT molecular complexity index is 847. The van der Waals surface area contributed by atoms with E-state index in [0.29, 0.717) is 6.04 Å². The fraction of sp³-hybridized carbons (Fsp3) is 0.583. The molecule has 2 saturated heterocycles. The van der Waals surface area contributed by atoms with Gasteiger partial charge in [-0.3, -0.25) is 0 Å². The van der Waals surface area contributed by atoms with Crippen LogP contribution in [0.4, 0.5) is 11.5 Å². The standard InChI is InChI=1S/C24H36N6/c1-18-19(2)25-23(26-24(18)30-12-10-21(11-13-30)27(3)4)20-6-8-22(9-7-20)29-16-14-28(5)15-17-29/h6-9,21H,10-17H2,1-5H3. The van der Waals surface area contributed by atoms with Crippen LogP contribution in [0, 0.1) is 13.8 Å². The summed E-state index contributed by atoms with van der Waals surface area (Å²) in [5.74, 6) is 1.95. The Morgan fingerprint density at radius 1 is 0.833 bits per heavy atom. The normalized spacial score (nSPS) is 19.0. The van der Waals surface area contributed by atoms with Gasteiger partial charge in [-0.05, 0) is 72.1 Å². The molecule has 30 heavy (non-hydrogen) atoms. The first-order chi connectivity index (χ1) is 14.4. The van der Waals surface area contributed by atoms with Crippen molar-refractivity contribution in [1.29, 1.82) is 0 Å². The summed E-state index contributed by atoms with van der Waals surface area (Å²) in [6, 6.07) is 9.48. The molecule has 6 heteroatoms. The third-order valence-corrected chi connectivity index (χ3v) is 6.85. The van der Waals surface area contributed by atoms with Crippen LogP contribution in [0.25, 0.3) is 11.4 Å². The maximum absolute atomic E-state index is 5.03. The number of piperidine rings is 1. The monoisotopic (exact) mass is 408 g/mol. The topological polar surface area (TPSA) is 38.7 Å². The van der Waals surface area contributed by atoms with Crippen molar-refractivity contribution in [1.82, 2.24) is 19.8 Å². The number of hydrogen-bond donors (Lipinski definition) is 0. The highest BCUT2D eigenvalue weighted by Gasteiger charge is 2.24. The fourth-order valence-corrected chi connectivity index (χ4v) is 4.53. The van der Waals surface area contributed by atoms with E-state index in [0.717, 1.165) is 62.2 Å². The maximum atomic E-state index is 5.03. The summed E-state index contributed by atoms with van der Waals surface area (Å²) in [5, 5.41) is 0. The summed E-state index contributed by atoms with van der Waals surface area (Å²) in [5.41, 5.74) is 4.67. The third-order valence-electron chi connectivity index (χ3n) is 6.85. The van der Waals surface area contributed by atoms with Gasteiger partial charge in [0.25, 0.3) is 0 Å². The molecule has 0 radical (unpaired) electrons. The van der Waals surface area contributed by atoms with Crippen LogP contribution in [-0.2, 0) is 0 Å². The van der Waals surface area contributed by atoms with E-state index < -0.39 is 0 Å². The van der Waals surface area contributed by atoms with Gasteiger partial charge >= 0.3 is 0 Å². The quantitative estimate of drug-likeness (QED) is 0.774. The van der Waals surface area contributed by atoms with E-state index in [2.05, 4.69) is 78.9 Å². The van der Waals surface area contributed by atoms with Crippen molar-refractivity contribution < 1.29 is 0 Å². The molecular formula is C24H36N6. The molecule has 2 aliphatic heterocycles. The molecule has 1 aromatic heterocycles. The van der Waals surface area contributed by atoms with Crippen LogP contribution in [0.3, 0.4) is 0 Å². The first kappa shape index (κ1) is 21.1. The van der Waals surface area contributed by atoms with Crippen molar-refractivity contribution in [2.45, 2.75) is 32.7 Å². The smallest absolute Gasteiger partial charge is 0.161 e. The molecule has 0 N–H and O–H groups in total. The molecule has 0 unspecified atom stereocenters. The minimum absolute atomic E-state index is 0.672. The van der Waals surface area contributed by atoms with Crippen molar-refractivity contribution in [3.63, 3.8) is 0 Å². The number of piperazine rings is 1. The molecule has 3 heterocycles. The molecular weight excluding hydrogens is 372 g/mol. The lowest BCUT2D eigenvalue weighted by Crippen LogP contribution is -2.44. The van der Waals surface area contributed by atoms with E-state index >= 15 is 0 Å². The van der Waals surface area contributed by atoms with Gasteiger partial charge in [-0.2, -0.15) is 0 Å². The van der Waals surface area contributed by atoms with Crippen molar-refractivity contribution in [3.8, 4) is 11.4 Å². The zero-order valence-corrected chi connectivity index (χ0v) is 19.2. The van der Waals surface area contributed by atoms with Crippen molar-refractivity contribution >= 4 is 11.5 Å². The van der Waals surface area contributed by atoms with Gasteiger partial charge in [0, 0.05) is 67.8 Å². The zero-order valence-electron chi connectivity index (χ0n) is 19.2. The highest BCUT2D eigenvalue weighted by molar-refractivity contribution is 5.63. The lowest BCUT2D eigenvalue weighted by molar-refractivity contribution is 0.249. The van der Waals surface area contributed by atoms with E-state index in [4.69, 9.17) is 9.97 Å². The molecule has 6 nitrogen and oxygen atoms in total. The summed E-state index contributed by atoms with van der Waals surface area (Å²) in [7, 11) is 6.56. The molecule has 0 atom stereocenters. The average molecular weight is 409 g/mol. The summed E-state index contributed by atoms with van der Waals surface area (Å²) in [4.78, 5) is 19.5. The fourth-order valence-electron chi connectivity index (χ4n) is 4.53. The molecule has 2 aromatic rings. The molecule has 2 fully saturated rings. The van der Waals surface area contributed by atoms with Crippen LogP contribution in [0.2, 0.25) is 0 Å². The van der Waals surface area contributed by atoms with Gasteiger partial charge in [0.15, 0.2) is 5.82 Å². The third kappa shape index (κ3) is 4.44. The largest absolute Gasteiger partial charge is 0.369 e. The lowest BCUT2D eigenvalue weighted by Gasteiger charge is -2.36. The zero-order chi connectivity index (χ0) is 21.3. The number of anilines is 2. The maximum Gasteiger partial charge on any atom is 0.161 e. The Hall–Kier alpha value is -2.18. The number of rotatable bonds is 4. The Morgan fingerprint density at radius 2 is 1.47 bits per heavy atom. The Balaban J connectivity index is 1.53. The first-order valence-corrected chi connectivity index (χ1v) is 11.2. The summed E-state index contributed by atoms with van der Waals surface area (Å²) < 4.78 is 0. The van der Waals surface area contributed by atoms with Crippen molar-refractivity contribution in [2.75, 3.05) is 70.2 Å². The second-order valence-corrected chi connectivity index (χ2v) is 9.10. The van der Waals surface area contributed by atoms with Gasteiger partial charge in [0.2, 0.25) is 0 Å². The lowest BCUT2D eigenvalue weighted by atomic mass is 10.0. The predicted octanol–water partition coefficient (Wildman–Crippen LogP) is 3.04. The highest BCUT2D eigenvalue weighted by atomic mass is 15.2. The SMILES string of the molecule is Cc1nc(-c2ccc(N3CCN(C)CC3)cc2)nc(N2CCC(N(C)C)CC2)c1C. The molecule has 0 amide bonds. The van der Waals surface area contributed by atoms with Crippen LogP contribution < -0.4 is 9.80 Å². The van der Waals surface area contributed by atoms with Crippen LogP contribution in [-0.4, -0.2) is 86.2 Å². The number of hydrogen-bond acceptors (Lipinski definition) is 6. The van der Waals surface area contributed by atoms with Gasteiger partial charge in [-0.1, -0.05) is 0 Å². The van der Waals surface area contributed by atoms with Gasteiger partial charge in [-0.15, -0.1) is 0 Å². The van der Waals surface area contributed by atoms with E-state index in [1.54, 1.807) is 0 Å². The van der Waals surface area contributed by atoms with E-state index in [9.17, 15) is 0 Å². The Kier molecular flexibility index (Phi) is 6.25. The van der Waals surface area contributed by atoms with Crippen LogP contribution in [0.15, 0.2) is 24.3 Å². The van der Waals surface area contributed by atoms with E-state index in [-0.39, 0.29) is 0 Å². The predicted molar refractivity (Wildman–Crippen MR) is 126 cm³/mol. The Morgan fingerprint density at radius 3 is 2.07 bits per heavy atom. The molecule has 0 spiro atoms. The molecule has 0 aliphatic carbocycles. The summed E-state index contributed by atoms with van der Waals surface area (Å²) in [6.07, 6.45) is 2.37. The minimum Gasteiger partial charge on any atom is -0.369 e. The minimum atomic E-state index is 0.672. The summed E-state index contributed by atoms with van der Waals surface area (Å²) >= 11 is 0. The second kappa shape index (κ2) is 8.90. The first-order valence-electron chi connectivity index (χ1n) is 11.2. The van der Waals surface area contributed by atoms with Gasteiger partial charge in [0.05, 0.1) is 0 Å². The Labute approximate surface area is 181 Å². The number of nitrogens with zero attached hydrogens (tertiary/aromatic N) is 6. The van der Waals surface area contributed by atoms with Crippen molar-refractivity contribution in [2.24, 2.45) is 0 Å². The molecule has 162 valence electrons. The number of likely N-dealkylation sites (N-methyl/N-ethyl adjacent to an activating group) is 1. The van der Waals surface area contributed by atoms with Crippen molar-refractivity contribution in [3.05, 3.63) is 35.5 Å². The molecule has 2 aliphatic rings. The van der Waals surface area contributed by atoms with Crippen LogP contribution in [0.1, 0.15) is 24.1 Å². The molecule has 4 rings (SSSR count). The average Bonchev–Trinajstić information content (AvgIpc) is 2.76. The number of benzene rings is 1. The number of aryl methyl sites for hydroxylation is 1. The molecule has 1 aromatic carbocycles. The van der Waals surface area contributed by atoms with Gasteiger partial charge < -0.3 is 19.6 Å². The highest BCUT2D eigenvalue weighted by Crippen LogP contribution is 2.28.